The van der Waals surface area contributed by atoms with Gasteiger partial charge in [0.2, 0.25) is 0 Å². The van der Waals surface area contributed by atoms with Gasteiger partial charge in [-0.2, -0.15) is 0 Å². The molecule has 2 aliphatic rings. The van der Waals surface area contributed by atoms with Crippen LogP contribution in [0, 0.1) is 19.8 Å². The second-order valence-electron chi connectivity index (χ2n) is 7.36. The molecule has 2 fully saturated rings. The summed E-state index contributed by atoms with van der Waals surface area (Å²) in [5.74, 6) is 0.906. The summed E-state index contributed by atoms with van der Waals surface area (Å²) in [4.78, 5) is 13.9. The Morgan fingerprint density at radius 2 is 1.96 bits per heavy atom. The molecule has 132 valence electrons. The van der Waals surface area contributed by atoms with Crippen molar-refractivity contribution in [3.63, 3.8) is 0 Å². The molecule has 0 spiro atoms. The molecule has 1 aliphatic carbocycles. The number of carbonyl (C=O) groups is 1. The summed E-state index contributed by atoms with van der Waals surface area (Å²) in [6, 6.07) is 6.35. The molecule has 1 saturated carbocycles. The number of carboxylic acid groups (broad SMARTS) is 1. The highest BCUT2D eigenvalue weighted by Crippen LogP contribution is 2.39. The van der Waals surface area contributed by atoms with E-state index in [0.717, 1.165) is 42.7 Å². The molecule has 0 amide bonds. The average Bonchev–Trinajstić information content (AvgIpc) is 2.93. The lowest BCUT2D eigenvalue weighted by Gasteiger charge is -2.32. The number of hydrogen-bond acceptors (Lipinski definition) is 3. The Bertz CT molecular complexity index is 566. The molecule has 3 rings (SSSR count). The first kappa shape index (κ1) is 17.3. The second kappa shape index (κ2) is 7.56. The van der Waals surface area contributed by atoms with E-state index in [-0.39, 0.29) is 6.04 Å². The van der Waals surface area contributed by atoms with Crippen LogP contribution < -0.4 is 4.74 Å². The van der Waals surface area contributed by atoms with E-state index < -0.39 is 5.97 Å². The van der Waals surface area contributed by atoms with Gasteiger partial charge < -0.3 is 9.84 Å². The molecule has 1 aromatic carbocycles. The van der Waals surface area contributed by atoms with E-state index in [1.165, 1.54) is 19.3 Å². The number of para-hydroxylation sites is 1. The van der Waals surface area contributed by atoms with Crippen LogP contribution in [0.2, 0.25) is 0 Å². The Balaban J connectivity index is 1.55. The fourth-order valence-corrected chi connectivity index (χ4v) is 4.57. The molecule has 0 bridgehead atoms. The highest BCUT2D eigenvalue weighted by Gasteiger charge is 2.44. The summed E-state index contributed by atoms with van der Waals surface area (Å²) < 4.78 is 5.99. The highest BCUT2D eigenvalue weighted by molar-refractivity contribution is 5.74. The lowest BCUT2D eigenvalue weighted by molar-refractivity contribution is -0.142. The van der Waals surface area contributed by atoms with Crippen LogP contribution in [0.3, 0.4) is 0 Å². The Morgan fingerprint density at radius 1 is 1.25 bits per heavy atom. The molecule has 0 radical (unpaired) electrons. The number of rotatable bonds is 6. The molecular weight excluding hydrogens is 302 g/mol. The molecule has 1 aliphatic heterocycles. The number of aryl methyl sites for hydroxylation is 2. The minimum Gasteiger partial charge on any atom is -0.493 e. The van der Waals surface area contributed by atoms with Crippen LogP contribution in [0.1, 0.15) is 49.7 Å². The molecule has 1 heterocycles. The second-order valence-corrected chi connectivity index (χ2v) is 7.36. The quantitative estimate of drug-likeness (QED) is 0.806. The maximum absolute atomic E-state index is 11.6. The summed E-state index contributed by atoms with van der Waals surface area (Å²) in [6.07, 6.45) is 6.56. The number of fused-ring (bicyclic) bond motifs is 1. The fourth-order valence-electron chi connectivity index (χ4n) is 4.57. The third-order valence-corrected chi connectivity index (χ3v) is 5.72. The van der Waals surface area contributed by atoms with Gasteiger partial charge in [0.1, 0.15) is 11.8 Å². The summed E-state index contributed by atoms with van der Waals surface area (Å²) in [6.45, 7) is 5.60. The molecule has 1 aromatic rings. The van der Waals surface area contributed by atoms with Crippen molar-refractivity contribution in [3.8, 4) is 5.75 Å². The first-order valence-electron chi connectivity index (χ1n) is 9.25. The van der Waals surface area contributed by atoms with E-state index in [4.69, 9.17) is 4.74 Å². The van der Waals surface area contributed by atoms with Crippen molar-refractivity contribution in [2.45, 2.75) is 64.5 Å². The summed E-state index contributed by atoms with van der Waals surface area (Å²) in [7, 11) is 0. The van der Waals surface area contributed by atoms with Crippen LogP contribution in [-0.2, 0) is 4.79 Å². The van der Waals surface area contributed by atoms with E-state index in [2.05, 4.69) is 30.9 Å². The molecule has 3 atom stereocenters. The molecule has 1 N–H and O–H groups in total. The third-order valence-electron chi connectivity index (χ3n) is 5.72. The zero-order valence-electron chi connectivity index (χ0n) is 14.8. The van der Waals surface area contributed by atoms with Gasteiger partial charge in [-0.05, 0) is 56.6 Å². The van der Waals surface area contributed by atoms with Gasteiger partial charge >= 0.3 is 5.97 Å². The molecule has 4 heteroatoms. The number of likely N-dealkylation sites (tertiary alicyclic amines) is 1. The van der Waals surface area contributed by atoms with Crippen molar-refractivity contribution in [3.05, 3.63) is 29.3 Å². The van der Waals surface area contributed by atoms with Gasteiger partial charge in [-0.1, -0.05) is 31.0 Å². The normalized spacial score (nSPS) is 27.0. The Kier molecular flexibility index (Phi) is 5.44. The van der Waals surface area contributed by atoms with E-state index >= 15 is 0 Å². The number of carboxylic acids is 1. The number of nitrogens with zero attached hydrogens (tertiary/aromatic N) is 1. The fraction of sp³-hybridized carbons (Fsp3) is 0.650. The largest absolute Gasteiger partial charge is 0.493 e. The lowest BCUT2D eigenvalue weighted by atomic mass is 9.85. The van der Waals surface area contributed by atoms with Crippen LogP contribution in [0.5, 0.6) is 5.75 Å². The first-order valence-corrected chi connectivity index (χ1v) is 9.25. The maximum Gasteiger partial charge on any atom is 0.320 e. The Hall–Kier alpha value is -1.55. The van der Waals surface area contributed by atoms with E-state index in [0.29, 0.717) is 18.6 Å². The van der Waals surface area contributed by atoms with Gasteiger partial charge in [-0.3, -0.25) is 9.69 Å². The highest BCUT2D eigenvalue weighted by atomic mass is 16.5. The standard InChI is InChI=1S/C20H29NO3/c1-14-7-5-8-15(2)19(14)24-12-6-11-21-17-10-4-3-9-16(17)13-18(21)20(22)23/h5,7-8,16-18H,3-4,6,9-13H2,1-2H3,(H,22,23). The molecule has 4 nitrogen and oxygen atoms in total. The summed E-state index contributed by atoms with van der Waals surface area (Å²) in [5.41, 5.74) is 2.32. The van der Waals surface area contributed by atoms with E-state index in [1.54, 1.807) is 0 Å². The lowest BCUT2D eigenvalue weighted by Crippen LogP contribution is -2.43. The van der Waals surface area contributed by atoms with Crippen molar-refractivity contribution in [2.75, 3.05) is 13.2 Å². The predicted octanol–water partition coefficient (Wildman–Crippen LogP) is 3.79. The first-order chi connectivity index (χ1) is 11.6. The van der Waals surface area contributed by atoms with Crippen LogP contribution in [0.4, 0.5) is 0 Å². The number of aliphatic carboxylic acids is 1. The number of hydrogen-bond donors (Lipinski definition) is 1. The van der Waals surface area contributed by atoms with E-state index in [9.17, 15) is 9.90 Å². The molecule has 3 unspecified atom stereocenters. The van der Waals surface area contributed by atoms with Crippen LogP contribution in [0.25, 0.3) is 0 Å². The summed E-state index contributed by atoms with van der Waals surface area (Å²) >= 11 is 0. The van der Waals surface area contributed by atoms with Gasteiger partial charge in [0.25, 0.3) is 0 Å². The molecular formula is C20H29NO3. The third kappa shape index (κ3) is 3.59. The van der Waals surface area contributed by atoms with Crippen molar-refractivity contribution in [2.24, 2.45) is 5.92 Å². The Morgan fingerprint density at radius 3 is 2.67 bits per heavy atom. The monoisotopic (exact) mass is 331 g/mol. The van der Waals surface area contributed by atoms with Gasteiger partial charge in [0.15, 0.2) is 0 Å². The summed E-state index contributed by atoms with van der Waals surface area (Å²) in [5, 5.41) is 9.57. The van der Waals surface area contributed by atoms with Crippen LogP contribution in [0.15, 0.2) is 18.2 Å². The molecule has 0 aromatic heterocycles. The van der Waals surface area contributed by atoms with Crippen molar-refractivity contribution in [1.82, 2.24) is 4.90 Å². The minimum absolute atomic E-state index is 0.293. The molecule has 24 heavy (non-hydrogen) atoms. The zero-order chi connectivity index (χ0) is 17.1. The predicted molar refractivity (Wildman–Crippen MR) is 94.5 cm³/mol. The van der Waals surface area contributed by atoms with Crippen LogP contribution in [-0.4, -0.2) is 41.2 Å². The Labute approximate surface area is 144 Å². The number of benzene rings is 1. The van der Waals surface area contributed by atoms with Gasteiger partial charge in [0.05, 0.1) is 6.61 Å². The minimum atomic E-state index is -0.653. The average molecular weight is 331 g/mol. The number of ether oxygens (including phenoxy) is 1. The zero-order valence-corrected chi connectivity index (χ0v) is 14.8. The topological polar surface area (TPSA) is 49.8 Å². The van der Waals surface area contributed by atoms with Crippen molar-refractivity contribution < 1.29 is 14.6 Å². The van der Waals surface area contributed by atoms with E-state index in [1.807, 2.05) is 6.07 Å². The van der Waals surface area contributed by atoms with Gasteiger partial charge in [0, 0.05) is 12.6 Å². The SMILES string of the molecule is Cc1cccc(C)c1OCCCN1C(C(=O)O)CC2CCCCC21. The smallest absolute Gasteiger partial charge is 0.320 e. The molecule has 1 saturated heterocycles. The van der Waals surface area contributed by atoms with Crippen molar-refractivity contribution >= 4 is 5.97 Å². The van der Waals surface area contributed by atoms with Gasteiger partial charge in [-0.25, -0.2) is 0 Å². The maximum atomic E-state index is 11.6. The van der Waals surface area contributed by atoms with Crippen LogP contribution >= 0.6 is 0 Å². The van der Waals surface area contributed by atoms with Gasteiger partial charge in [-0.15, -0.1) is 0 Å². The van der Waals surface area contributed by atoms with Crippen molar-refractivity contribution in [1.29, 1.82) is 0 Å².